The quantitative estimate of drug-likeness (QED) is 0.600. The Labute approximate surface area is 187 Å². The van der Waals surface area contributed by atoms with Crippen LogP contribution in [0, 0.1) is 0 Å². The van der Waals surface area contributed by atoms with Gasteiger partial charge in [-0.2, -0.15) is 5.10 Å². The molecule has 0 atom stereocenters. The van der Waals surface area contributed by atoms with Gasteiger partial charge in [-0.25, -0.2) is 9.67 Å². The van der Waals surface area contributed by atoms with Crippen LogP contribution in [-0.2, 0) is 12.8 Å². The Hall–Kier alpha value is -3.67. The number of ether oxygens (including phenoxy) is 1. The van der Waals surface area contributed by atoms with Gasteiger partial charge in [-0.3, -0.25) is 4.79 Å². The van der Waals surface area contributed by atoms with Crippen LogP contribution in [0.4, 0.5) is 0 Å². The first kappa shape index (κ1) is 20.2. The first-order valence-corrected chi connectivity index (χ1v) is 11.1. The van der Waals surface area contributed by atoms with Gasteiger partial charge in [-0.05, 0) is 74.2 Å². The summed E-state index contributed by atoms with van der Waals surface area (Å²) in [5.41, 5.74) is 5.50. The summed E-state index contributed by atoms with van der Waals surface area (Å²) in [5.74, 6) is 1.33. The summed E-state index contributed by atoms with van der Waals surface area (Å²) in [6.45, 7) is 5.94. The van der Waals surface area contributed by atoms with Crippen LogP contribution in [0.2, 0.25) is 0 Å². The minimum Gasteiger partial charge on any atom is -0.439 e. The molecule has 0 radical (unpaired) electrons. The summed E-state index contributed by atoms with van der Waals surface area (Å²) in [6.07, 6.45) is 10.2. The van der Waals surface area contributed by atoms with Gasteiger partial charge in [0, 0.05) is 42.7 Å². The van der Waals surface area contributed by atoms with Crippen LogP contribution in [0.25, 0.3) is 11.3 Å². The van der Waals surface area contributed by atoms with Gasteiger partial charge in [-0.1, -0.05) is 12.1 Å². The van der Waals surface area contributed by atoms with Crippen LogP contribution in [0.5, 0.6) is 11.6 Å². The normalized spacial score (nSPS) is 15.1. The molecule has 1 aliphatic carbocycles. The van der Waals surface area contributed by atoms with Crippen molar-refractivity contribution in [2.45, 2.75) is 32.7 Å². The number of rotatable bonds is 5. The molecular weight excluding hydrogens is 400 g/mol. The molecular formula is C26H26N4O2. The van der Waals surface area contributed by atoms with Crippen molar-refractivity contribution < 1.29 is 4.74 Å². The molecule has 0 spiro atoms. The lowest BCUT2D eigenvalue weighted by Gasteiger charge is -2.26. The first-order valence-electron chi connectivity index (χ1n) is 11.1. The highest BCUT2D eigenvalue weighted by molar-refractivity contribution is 5.57. The zero-order chi connectivity index (χ0) is 22.1. The van der Waals surface area contributed by atoms with E-state index in [1.165, 1.54) is 21.5 Å². The largest absolute Gasteiger partial charge is 0.439 e. The average molecular weight is 427 g/mol. The van der Waals surface area contributed by atoms with Crippen LogP contribution in [0.15, 0.2) is 77.4 Å². The molecule has 5 rings (SSSR count). The second kappa shape index (κ2) is 8.46. The smallest absolute Gasteiger partial charge is 0.267 e. The Morgan fingerprint density at radius 3 is 2.50 bits per heavy atom. The summed E-state index contributed by atoms with van der Waals surface area (Å²) < 4.78 is 7.52. The molecule has 0 fully saturated rings. The van der Waals surface area contributed by atoms with E-state index in [1.807, 2.05) is 32.0 Å². The lowest BCUT2D eigenvalue weighted by Crippen LogP contribution is -2.26. The van der Waals surface area contributed by atoms with E-state index in [-0.39, 0.29) is 11.6 Å². The standard InChI is InChI=1S/C26H26N4O2/c1-18(2)30-26(31)11-9-24(28-30)21-7-10-25(27-17-21)32-23-8-6-19-12-14-29(22-4-3-5-22)15-13-20(19)16-23/h3-11,16-18H,12-15H2,1-2H3. The second-order valence-corrected chi connectivity index (χ2v) is 8.45. The van der Waals surface area contributed by atoms with Crippen LogP contribution in [0.3, 0.4) is 0 Å². The molecule has 6 heteroatoms. The molecule has 1 aromatic carbocycles. The third-order valence-electron chi connectivity index (χ3n) is 5.95. The van der Waals surface area contributed by atoms with Crippen LogP contribution in [-0.4, -0.2) is 32.8 Å². The van der Waals surface area contributed by atoms with Gasteiger partial charge in [0.05, 0.1) is 11.7 Å². The summed E-state index contributed by atoms with van der Waals surface area (Å²) in [7, 11) is 0. The van der Waals surface area contributed by atoms with Crippen LogP contribution >= 0.6 is 0 Å². The molecule has 3 heterocycles. The van der Waals surface area contributed by atoms with E-state index in [2.05, 4.69) is 45.3 Å². The van der Waals surface area contributed by atoms with E-state index in [1.54, 1.807) is 18.3 Å². The molecule has 0 bridgehead atoms. The van der Waals surface area contributed by atoms with Gasteiger partial charge in [0.2, 0.25) is 5.88 Å². The number of hydrogen-bond donors (Lipinski definition) is 0. The highest BCUT2D eigenvalue weighted by Gasteiger charge is 2.17. The number of hydrogen-bond acceptors (Lipinski definition) is 5. The van der Waals surface area contributed by atoms with Crippen molar-refractivity contribution in [1.29, 1.82) is 0 Å². The Kier molecular flexibility index (Phi) is 5.35. The van der Waals surface area contributed by atoms with Gasteiger partial charge in [0.1, 0.15) is 5.75 Å². The maximum absolute atomic E-state index is 12.0. The molecule has 2 aliphatic rings. The lowest BCUT2D eigenvalue weighted by molar-refractivity contribution is 0.370. The van der Waals surface area contributed by atoms with Gasteiger partial charge >= 0.3 is 0 Å². The fourth-order valence-electron chi connectivity index (χ4n) is 4.08. The van der Waals surface area contributed by atoms with Crippen molar-refractivity contribution in [2.24, 2.45) is 0 Å². The van der Waals surface area contributed by atoms with Gasteiger partial charge in [0.15, 0.2) is 0 Å². The number of fused-ring (bicyclic) bond motifs is 1. The minimum absolute atomic E-state index is 0.000198. The number of nitrogens with zero attached hydrogens (tertiary/aromatic N) is 4. The molecule has 3 aromatic rings. The van der Waals surface area contributed by atoms with Crippen molar-refractivity contribution in [3.05, 3.63) is 94.1 Å². The zero-order valence-corrected chi connectivity index (χ0v) is 18.4. The van der Waals surface area contributed by atoms with Gasteiger partial charge in [0.25, 0.3) is 5.56 Å². The summed E-state index contributed by atoms with van der Waals surface area (Å²) in [5, 5.41) is 4.45. The molecule has 0 saturated heterocycles. The predicted octanol–water partition coefficient (Wildman–Crippen LogP) is 4.53. The fourth-order valence-corrected chi connectivity index (χ4v) is 4.08. The van der Waals surface area contributed by atoms with E-state index < -0.39 is 0 Å². The zero-order valence-electron chi connectivity index (χ0n) is 18.4. The molecule has 162 valence electrons. The van der Waals surface area contributed by atoms with Crippen molar-refractivity contribution in [3.63, 3.8) is 0 Å². The average Bonchev–Trinajstić information content (AvgIpc) is 2.96. The predicted molar refractivity (Wildman–Crippen MR) is 125 cm³/mol. The molecule has 0 amide bonds. The van der Waals surface area contributed by atoms with E-state index in [9.17, 15) is 4.79 Å². The van der Waals surface area contributed by atoms with E-state index >= 15 is 0 Å². The lowest BCUT2D eigenvalue weighted by atomic mass is 10.0. The van der Waals surface area contributed by atoms with Gasteiger partial charge < -0.3 is 9.64 Å². The third-order valence-corrected chi connectivity index (χ3v) is 5.95. The molecule has 0 N–H and O–H groups in total. The van der Waals surface area contributed by atoms with Crippen molar-refractivity contribution in [3.8, 4) is 22.9 Å². The Bertz CT molecular complexity index is 1260. The summed E-state index contributed by atoms with van der Waals surface area (Å²) in [6, 6.07) is 13.4. The third kappa shape index (κ3) is 4.08. The Morgan fingerprint density at radius 2 is 1.81 bits per heavy atom. The number of pyridine rings is 1. The maximum atomic E-state index is 12.0. The molecule has 0 saturated carbocycles. The number of aromatic nitrogens is 3. The molecule has 32 heavy (non-hydrogen) atoms. The SMILES string of the molecule is CC(C)n1nc(-c2ccc(Oc3ccc4c(c3)CCN(C3=CC=C3)CC4)nc2)ccc1=O. The maximum Gasteiger partial charge on any atom is 0.267 e. The van der Waals surface area contributed by atoms with Crippen LogP contribution < -0.4 is 10.3 Å². The Morgan fingerprint density at radius 1 is 1.00 bits per heavy atom. The molecule has 2 aromatic heterocycles. The number of allylic oxidation sites excluding steroid dienone is 3. The fraction of sp³-hybridized carbons (Fsp3) is 0.269. The molecule has 0 unspecified atom stereocenters. The van der Waals surface area contributed by atoms with E-state index in [4.69, 9.17) is 4.74 Å². The summed E-state index contributed by atoms with van der Waals surface area (Å²) >= 11 is 0. The van der Waals surface area contributed by atoms with Crippen molar-refractivity contribution >= 4 is 0 Å². The Balaban J connectivity index is 1.30. The van der Waals surface area contributed by atoms with Crippen molar-refractivity contribution in [1.82, 2.24) is 19.7 Å². The summed E-state index contributed by atoms with van der Waals surface area (Å²) in [4.78, 5) is 18.9. The first-order chi connectivity index (χ1) is 15.6. The monoisotopic (exact) mass is 426 g/mol. The number of benzene rings is 1. The highest BCUT2D eigenvalue weighted by atomic mass is 16.5. The highest BCUT2D eigenvalue weighted by Crippen LogP contribution is 2.28. The molecule has 1 aliphatic heterocycles. The van der Waals surface area contributed by atoms with Crippen LogP contribution in [0.1, 0.15) is 31.0 Å². The van der Waals surface area contributed by atoms with E-state index in [0.29, 0.717) is 11.6 Å². The van der Waals surface area contributed by atoms with Crippen molar-refractivity contribution in [2.75, 3.05) is 13.1 Å². The van der Waals surface area contributed by atoms with Gasteiger partial charge in [-0.15, -0.1) is 0 Å². The minimum atomic E-state index is -0.108. The molecule has 6 nitrogen and oxygen atoms in total. The topological polar surface area (TPSA) is 60.2 Å². The second-order valence-electron chi connectivity index (χ2n) is 8.45. The van der Waals surface area contributed by atoms with E-state index in [0.717, 1.165) is 37.2 Å².